The van der Waals surface area contributed by atoms with Crippen LogP contribution in [-0.4, -0.2) is 12.8 Å². The Morgan fingerprint density at radius 2 is 2.22 bits per heavy atom. The fraction of sp³-hybridized carbons (Fsp3) is 0.800. The molecule has 0 rings (SSSR count). The van der Waals surface area contributed by atoms with Crippen molar-refractivity contribution in [3.63, 3.8) is 0 Å². The first-order valence-corrected chi connectivity index (χ1v) is 2.66. The first-order valence-electron chi connectivity index (χ1n) is 2.66. The van der Waals surface area contributed by atoms with Crippen molar-refractivity contribution in [2.45, 2.75) is 13.8 Å². The Morgan fingerprint density at radius 3 is 2.56 bits per heavy atom. The molecule has 4 heteroatoms. The van der Waals surface area contributed by atoms with Gasteiger partial charge in [-0.15, -0.1) is 0 Å². The highest BCUT2D eigenvalue weighted by Gasteiger charge is 2.06. The molecule has 0 aromatic rings. The maximum atomic E-state index is 10.5. The summed E-state index contributed by atoms with van der Waals surface area (Å²) in [5, 5.41) is 0. The average Bonchev–Trinajstić information content (AvgIpc) is 1.82. The fourth-order valence-corrected chi connectivity index (χ4v) is 0.259. The van der Waals surface area contributed by atoms with Gasteiger partial charge < -0.3 is 4.74 Å². The van der Waals surface area contributed by atoms with Crippen molar-refractivity contribution in [1.82, 2.24) is 0 Å². The van der Waals surface area contributed by atoms with Crippen LogP contribution in [0.15, 0.2) is 0 Å². The first kappa shape index (κ1) is 8.39. The number of carbonyl (C=O) groups excluding carboxylic acids is 1. The second-order valence-electron chi connectivity index (χ2n) is 1.90. The predicted octanol–water partition coefficient (Wildman–Crippen LogP) is 0.0334. The minimum absolute atomic E-state index is 0.125. The highest BCUT2D eigenvalue weighted by molar-refractivity contribution is 5.71. The standard InChI is InChI=1S/C5H11NO3/c1-4(2)5(7)8-3-9-6/h4H,3,6H2,1-2H3. The lowest BCUT2D eigenvalue weighted by atomic mass is 10.2. The molecule has 0 fully saturated rings. The second kappa shape index (κ2) is 4.29. The predicted molar refractivity (Wildman–Crippen MR) is 31.1 cm³/mol. The van der Waals surface area contributed by atoms with Crippen molar-refractivity contribution in [3.8, 4) is 0 Å². The first-order chi connectivity index (χ1) is 4.18. The molecule has 0 aromatic heterocycles. The van der Waals surface area contributed by atoms with Gasteiger partial charge in [0, 0.05) is 0 Å². The lowest BCUT2D eigenvalue weighted by Crippen LogP contribution is -2.15. The quantitative estimate of drug-likeness (QED) is 0.335. The molecule has 0 heterocycles. The largest absolute Gasteiger partial charge is 0.437 e. The molecular weight excluding hydrogens is 122 g/mol. The van der Waals surface area contributed by atoms with E-state index in [-0.39, 0.29) is 18.7 Å². The van der Waals surface area contributed by atoms with Crippen molar-refractivity contribution in [1.29, 1.82) is 0 Å². The maximum absolute atomic E-state index is 10.5. The average molecular weight is 133 g/mol. The third-order valence-electron chi connectivity index (χ3n) is 0.741. The van der Waals surface area contributed by atoms with Crippen LogP contribution in [-0.2, 0) is 14.4 Å². The van der Waals surface area contributed by atoms with Gasteiger partial charge in [0.25, 0.3) is 0 Å². The molecule has 2 N–H and O–H groups in total. The number of carbonyl (C=O) groups is 1. The third kappa shape index (κ3) is 3.93. The van der Waals surface area contributed by atoms with E-state index < -0.39 is 0 Å². The van der Waals surface area contributed by atoms with E-state index in [1.807, 2.05) is 0 Å². The molecule has 0 radical (unpaired) electrons. The molecule has 0 saturated heterocycles. The van der Waals surface area contributed by atoms with Gasteiger partial charge in [-0.3, -0.25) is 9.63 Å². The molecule has 0 bridgehead atoms. The van der Waals surface area contributed by atoms with Gasteiger partial charge in [-0.25, -0.2) is 5.90 Å². The molecule has 0 aliphatic carbocycles. The molecule has 0 atom stereocenters. The maximum Gasteiger partial charge on any atom is 0.310 e. The minimum Gasteiger partial charge on any atom is -0.437 e. The van der Waals surface area contributed by atoms with Crippen molar-refractivity contribution in [3.05, 3.63) is 0 Å². The molecule has 0 spiro atoms. The lowest BCUT2D eigenvalue weighted by molar-refractivity contribution is -0.160. The molecule has 0 aromatic carbocycles. The van der Waals surface area contributed by atoms with E-state index in [1.54, 1.807) is 13.8 Å². The Balaban J connectivity index is 3.28. The summed E-state index contributed by atoms with van der Waals surface area (Å²) in [5.41, 5.74) is 0. The minimum atomic E-state index is -0.305. The fourth-order valence-electron chi connectivity index (χ4n) is 0.259. The Kier molecular flexibility index (Phi) is 4.00. The van der Waals surface area contributed by atoms with Crippen molar-refractivity contribution in [2.75, 3.05) is 6.79 Å². The van der Waals surface area contributed by atoms with Crippen molar-refractivity contribution < 1.29 is 14.4 Å². The summed E-state index contributed by atoms with van der Waals surface area (Å²) in [6, 6.07) is 0. The lowest BCUT2D eigenvalue weighted by Gasteiger charge is -2.03. The van der Waals surface area contributed by atoms with Crippen LogP contribution < -0.4 is 5.90 Å². The summed E-state index contributed by atoms with van der Waals surface area (Å²) >= 11 is 0. The van der Waals surface area contributed by atoms with Crippen LogP contribution in [0, 0.1) is 5.92 Å². The number of nitrogens with two attached hydrogens (primary N) is 1. The number of ether oxygens (including phenoxy) is 1. The van der Waals surface area contributed by atoms with Crippen LogP contribution >= 0.6 is 0 Å². The Labute approximate surface area is 53.9 Å². The normalized spacial score (nSPS) is 9.78. The van der Waals surface area contributed by atoms with Crippen molar-refractivity contribution >= 4 is 5.97 Å². The van der Waals surface area contributed by atoms with Crippen molar-refractivity contribution in [2.24, 2.45) is 11.8 Å². The molecule has 0 aliphatic rings. The zero-order chi connectivity index (χ0) is 7.28. The van der Waals surface area contributed by atoms with E-state index in [4.69, 9.17) is 0 Å². The molecule has 4 nitrogen and oxygen atoms in total. The van der Waals surface area contributed by atoms with Crippen LogP contribution in [0.1, 0.15) is 13.8 Å². The molecule has 0 aliphatic heterocycles. The zero-order valence-electron chi connectivity index (χ0n) is 5.59. The van der Waals surface area contributed by atoms with Gasteiger partial charge in [0.15, 0.2) is 0 Å². The monoisotopic (exact) mass is 133 g/mol. The van der Waals surface area contributed by atoms with E-state index in [2.05, 4.69) is 15.5 Å². The summed E-state index contributed by atoms with van der Waals surface area (Å²) in [6.07, 6.45) is 0. The summed E-state index contributed by atoms with van der Waals surface area (Å²) < 4.78 is 4.47. The van der Waals surface area contributed by atoms with Crippen LogP contribution in [0.2, 0.25) is 0 Å². The van der Waals surface area contributed by atoms with E-state index in [1.165, 1.54) is 0 Å². The highest BCUT2D eigenvalue weighted by atomic mass is 16.7. The molecule has 0 amide bonds. The van der Waals surface area contributed by atoms with Crippen LogP contribution in [0.4, 0.5) is 0 Å². The Bertz CT molecular complexity index is 92.2. The van der Waals surface area contributed by atoms with Gasteiger partial charge >= 0.3 is 5.97 Å². The second-order valence-corrected chi connectivity index (χ2v) is 1.90. The van der Waals surface area contributed by atoms with Gasteiger partial charge in [0.05, 0.1) is 5.92 Å². The molecule has 9 heavy (non-hydrogen) atoms. The molecule has 54 valence electrons. The van der Waals surface area contributed by atoms with E-state index in [0.29, 0.717) is 0 Å². The van der Waals surface area contributed by atoms with Crippen LogP contribution in [0.3, 0.4) is 0 Å². The number of esters is 1. The zero-order valence-corrected chi connectivity index (χ0v) is 5.59. The highest BCUT2D eigenvalue weighted by Crippen LogP contribution is 1.94. The Hall–Kier alpha value is -0.610. The van der Waals surface area contributed by atoms with E-state index in [9.17, 15) is 4.79 Å². The Morgan fingerprint density at radius 1 is 1.67 bits per heavy atom. The van der Waals surface area contributed by atoms with E-state index in [0.717, 1.165) is 0 Å². The molecule has 0 saturated carbocycles. The van der Waals surface area contributed by atoms with Gasteiger partial charge in [0.1, 0.15) is 0 Å². The van der Waals surface area contributed by atoms with Gasteiger partial charge in [-0.05, 0) is 0 Å². The smallest absolute Gasteiger partial charge is 0.310 e. The summed E-state index contributed by atoms with van der Waals surface area (Å²) in [7, 11) is 0. The van der Waals surface area contributed by atoms with Gasteiger partial charge in [0.2, 0.25) is 6.79 Å². The number of hydrogen-bond acceptors (Lipinski definition) is 4. The van der Waals surface area contributed by atoms with Gasteiger partial charge in [-0.1, -0.05) is 13.8 Å². The van der Waals surface area contributed by atoms with Crippen LogP contribution in [0.5, 0.6) is 0 Å². The third-order valence-corrected chi connectivity index (χ3v) is 0.741. The number of hydrogen-bond donors (Lipinski definition) is 1. The summed E-state index contributed by atoms with van der Waals surface area (Å²) in [4.78, 5) is 14.6. The molecular formula is C5H11NO3. The van der Waals surface area contributed by atoms with Crippen LogP contribution in [0.25, 0.3) is 0 Å². The summed E-state index contributed by atoms with van der Waals surface area (Å²) in [6.45, 7) is 3.30. The topological polar surface area (TPSA) is 61.5 Å². The molecule has 0 unspecified atom stereocenters. The summed E-state index contributed by atoms with van der Waals surface area (Å²) in [5.74, 6) is 4.17. The van der Waals surface area contributed by atoms with E-state index >= 15 is 0 Å². The number of rotatable bonds is 3. The SMILES string of the molecule is CC(C)C(=O)OCON. The van der Waals surface area contributed by atoms with Gasteiger partial charge in [-0.2, -0.15) is 0 Å².